The van der Waals surface area contributed by atoms with Crippen LogP contribution in [-0.2, 0) is 0 Å². The molecule has 1 atom stereocenters. The van der Waals surface area contributed by atoms with Crippen LogP contribution < -0.4 is 5.32 Å². The molecule has 0 aromatic heterocycles. The highest BCUT2D eigenvalue weighted by Crippen LogP contribution is 2.45. The van der Waals surface area contributed by atoms with Crippen LogP contribution in [0, 0.1) is 5.41 Å². The van der Waals surface area contributed by atoms with Crippen LogP contribution in [0.1, 0.15) is 33.6 Å². The molecule has 0 amide bonds. The van der Waals surface area contributed by atoms with Crippen LogP contribution in [0.5, 0.6) is 0 Å². The molecule has 1 N–H and O–H groups in total. The van der Waals surface area contributed by atoms with E-state index in [-0.39, 0.29) is 5.41 Å². The molecule has 1 aliphatic heterocycles. The first kappa shape index (κ1) is 10.3. The molecule has 0 bridgehead atoms. The number of hydrogen-bond acceptors (Lipinski definition) is 1. The first-order valence-corrected chi connectivity index (χ1v) is 6.45. The summed E-state index contributed by atoms with van der Waals surface area (Å²) in [4.78, 5) is 0. The normalized spacial score (nSPS) is 29.7. The summed E-state index contributed by atoms with van der Waals surface area (Å²) in [6.07, 6.45) is 4.77. The van der Waals surface area contributed by atoms with Gasteiger partial charge < -0.3 is 5.32 Å². The Bertz CT molecular complexity index is 312. The number of rotatable bonds is 1. The van der Waals surface area contributed by atoms with Gasteiger partial charge in [0, 0.05) is 22.5 Å². The van der Waals surface area contributed by atoms with E-state index in [1.54, 1.807) is 5.57 Å². The summed E-state index contributed by atoms with van der Waals surface area (Å²) < 4.78 is 0. The third-order valence-electron chi connectivity index (χ3n) is 3.67. The number of allylic oxidation sites excluding steroid dienone is 3. The van der Waals surface area contributed by atoms with E-state index in [9.17, 15) is 0 Å². The summed E-state index contributed by atoms with van der Waals surface area (Å²) >= 11 is 3.59. The Labute approximate surface area is 94.8 Å². The molecule has 1 heterocycles. The predicted octanol–water partition coefficient (Wildman–Crippen LogP) is 3.37. The quantitative estimate of drug-likeness (QED) is 0.709. The van der Waals surface area contributed by atoms with Gasteiger partial charge in [0.1, 0.15) is 0 Å². The van der Waals surface area contributed by atoms with E-state index >= 15 is 0 Å². The minimum atomic E-state index is 0.287. The molecule has 1 unspecified atom stereocenters. The lowest BCUT2D eigenvalue weighted by molar-refractivity contribution is 0.371. The van der Waals surface area contributed by atoms with Crippen LogP contribution in [0.4, 0.5) is 0 Å². The Morgan fingerprint density at radius 3 is 2.93 bits per heavy atom. The van der Waals surface area contributed by atoms with Crippen molar-refractivity contribution in [1.29, 1.82) is 0 Å². The van der Waals surface area contributed by atoms with E-state index < -0.39 is 0 Å². The summed E-state index contributed by atoms with van der Waals surface area (Å²) in [6.45, 7) is 6.97. The predicted molar refractivity (Wildman–Crippen MR) is 64.5 cm³/mol. The van der Waals surface area contributed by atoms with Crippen LogP contribution in [0.2, 0.25) is 0 Å². The second kappa shape index (κ2) is 3.41. The Balaban J connectivity index is 2.42. The minimum absolute atomic E-state index is 0.287. The van der Waals surface area contributed by atoms with Gasteiger partial charge in [0.2, 0.25) is 0 Å². The fraction of sp³-hybridized carbons (Fsp3) is 0.667. The maximum Gasteiger partial charge on any atom is 0.0322 e. The summed E-state index contributed by atoms with van der Waals surface area (Å²) in [5, 5.41) is 4.62. The first-order chi connectivity index (χ1) is 6.57. The highest BCUT2D eigenvalue weighted by molar-refractivity contribution is 9.09. The summed E-state index contributed by atoms with van der Waals surface area (Å²) in [5.41, 5.74) is 4.83. The van der Waals surface area contributed by atoms with Crippen molar-refractivity contribution in [2.75, 3.05) is 5.33 Å². The van der Waals surface area contributed by atoms with Crippen molar-refractivity contribution >= 4 is 15.9 Å². The van der Waals surface area contributed by atoms with Crippen molar-refractivity contribution in [3.8, 4) is 0 Å². The van der Waals surface area contributed by atoms with Crippen molar-refractivity contribution in [2.45, 2.75) is 39.7 Å². The van der Waals surface area contributed by atoms with E-state index in [1.165, 1.54) is 24.1 Å². The molecule has 2 aliphatic rings. The van der Waals surface area contributed by atoms with Crippen molar-refractivity contribution in [1.82, 2.24) is 5.32 Å². The standard InChI is InChI=1S/C12H18BrN/c1-8-12(2,3)11-9(7-13)5-4-6-10(11)14-8/h5,8,14H,4,6-7H2,1-3H3. The van der Waals surface area contributed by atoms with E-state index in [0.717, 1.165) is 5.33 Å². The third kappa shape index (κ3) is 1.35. The molecular formula is C12H18BrN. The molecule has 2 rings (SSSR count). The smallest absolute Gasteiger partial charge is 0.0322 e. The van der Waals surface area contributed by atoms with Gasteiger partial charge >= 0.3 is 0 Å². The monoisotopic (exact) mass is 255 g/mol. The molecule has 2 heteroatoms. The lowest BCUT2D eigenvalue weighted by Crippen LogP contribution is -2.32. The lowest BCUT2D eigenvalue weighted by Gasteiger charge is -2.29. The van der Waals surface area contributed by atoms with E-state index in [1.807, 2.05) is 0 Å². The SMILES string of the molecule is CC1NC2=C(C(CBr)=CCC2)C1(C)C. The van der Waals surface area contributed by atoms with Crippen LogP contribution in [0.15, 0.2) is 22.9 Å². The second-order valence-electron chi connectivity index (χ2n) is 4.84. The van der Waals surface area contributed by atoms with Gasteiger partial charge in [-0.3, -0.25) is 0 Å². The van der Waals surface area contributed by atoms with Crippen molar-refractivity contribution in [2.24, 2.45) is 5.41 Å². The van der Waals surface area contributed by atoms with Gasteiger partial charge in [0.05, 0.1) is 0 Å². The Kier molecular flexibility index (Phi) is 2.50. The van der Waals surface area contributed by atoms with Crippen LogP contribution in [0.3, 0.4) is 0 Å². The number of hydrogen-bond donors (Lipinski definition) is 1. The fourth-order valence-electron chi connectivity index (χ4n) is 2.54. The Morgan fingerprint density at radius 1 is 1.57 bits per heavy atom. The molecule has 0 aromatic carbocycles. The summed E-state index contributed by atoms with van der Waals surface area (Å²) in [5.74, 6) is 0. The summed E-state index contributed by atoms with van der Waals surface area (Å²) in [7, 11) is 0. The first-order valence-electron chi connectivity index (χ1n) is 5.33. The number of alkyl halides is 1. The maximum atomic E-state index is 3.63. The maximum absolute atomic E-state index is 3.63. The van der Waals surface area contributed by atoms with Crippen LogP contribution in [0.25, 0.3) is 0 Å². The zero-order valence-corrected chi connectivity index (χ0v) is 10.7. The largest absolute Gasteiger partial charge is 0.385 e. The Hall–Kier alpha value is -0.240. The Morgan fingerprint density at radius 2 is 2.29 bits per heavy atom. The molecular weight excluding hydrogens is 238 g/mol. The molecule has 78 valence electrons. The zero-order valence-electron chi connectivity index (χ0n) is 9.15. The number of halogens is 1. The average molecular weight is 256 g/mol. The molecule has 1 nitrogen and oxygen atoms in total. The molecule has 1 aliphatic carbocycles. The van der Waals surface area contributed by atoms with Gasteiger partial charge in [-0.05, 0) is 30.9 Å². The lowest BCUT2D eigenvalue weighted by atomic mass is 9.76. The van der Waals surface area contributed by atoms with E-state index in [0.29, 0.717) is 6.04 Å². The molecule has 0 saturated carbocycles. The van der Waals surface area contributed by atoms with Gasteiger partial charge in [-0.2, -0.15) is 0 Å². The third-order valence-corrected chi connectivity index (χ3v) is 4.27. The topological polar surface area (TPSA) is 12.0 Å². The van der Waals surface area contributed by atoms with Gasteiger partial charge in [-0.15, -0.1) is 0 Å². The molecule has 0 spiro atoms. The highest BCUT2D eigenvalue weighted by Gasteiger charge is 2.40. The highest BCUT2D eigenvalue weighted by atomic mass is 79.9. The number of nitrogens with one attached hydrogen (secondary N) is 1. The second-order valence-corrected chi connectivity index (χ2v) is 5.40. The van der Waals surface area contributed by atoms with Gasteiger partial charge in [-0.1, -0.05) is 35.9 Å². The summed E-state index contributed by atoms with van der Waals surface area (Å²) in [6, 6.07) is 0.563. The zero-order chi connectivity index (χ0) is 10.3. The van der Waals surface area contributed by atoms with Crippen LogP contribution in [-0.4, -0.2) is 11.4 Å². The molecule has 0 fully saturated rings. The molecule has 0 aromatic rings. The fourth-order valence-corrected chi connectivity index (χ4v) is 3.05. The van der Waals surface area contributed by atoms with Crippen molar-refractivity contribution < 1.29 is 0 Å². The van der Waals surface area contributed by atoms with Crippen LogP contribution >= 0.6 is 15.9 Å². The van der Waals surface area contributed by atoms with Crippen molar-refractivity contribution in [3.63, 3.8) is 0 Å². The molecule has 0 radical (unpaired) electrons. The molecule has 14 heavy (non-hydrogen) atoms. The van der Waals surface area contributed by atoms with Crippen molar-refractivity contribution in [3.05, 3.63) is 22.9 Å². The minimum Gasteiger partial charge on any atom is -0.385 e. The average Bonchev–Trinajstić information content (AvgIpc) is 2.38. The van der Waals surface area contributed by atoms with Gasteiger partial charge in [0.25, 0.3) is 0 Å². The van der Waals surface area contributed by atoms with Gasteiger partial charge in [0.15, 0.2) is 0 Å². The molecule has 0 saturated heterocycles. The van der Waals surface area contributed by atoms with E-state index in [4.69, 9.17) is 0 Å². The van der Waals surface area contributed by atoms with Gasteiger partial charge in [-0.25, -0.2) is 0 Å². The van der Waals surface area contributed by atoms with E-state index in [2.05, 4.69) is 48.1 Å².